The highest BCUT2D eigenvalue weighted by atomic mass is 16.2. The van der Waals surface area contributed by atoms with E-state index in [0.29, 0.717) is 19.6 Å². The van der Waals surface area contributed by atoms with E-state index in [-0.39, 0.29) is 17.9 Å². The molecule has 0 unspecified atom stereocenters. The summed E-state index contributed by atoms with van der Waals surface area (Å²) < 4.78 is 0. The zero-order valence-electron chi connectivity index (χ0n) is 16.0. The lowest BCUT2D eigenvalue weighted by Crippen LogP contribution is -2.51. The summed E-state index contributed by atoms with van der Waals surface area (Å²) in [7, 11) is 1.87. The molecule has 5 heteroatoms. The van der Waals surface area contributed by atoms with Crippen LogP contribution in [0.5, 0.6) is 0 Å². The van der Waals surface area contributed by atoms with E-state index >= 15 is 0 Å². The van der Waals surface area contributed by atoms with Gasteiger partial charge in [0.1, 0.15) is 0 Å². The Morgan fingerprint density at radius 1 is 0.889 bits per heavy atom. The average Bonchev–Trinajstić information content (AvgIpc) is 2.70. The normalized spacial score (nSPS) is 15.0. The fourth-order valence-corrected chi connectivity index (χ4v) is 3.58. The maximum atomic E-state index is 13.0. The van der Waals surface area contributed by atoms with E-state index in [1.54, 1.807) is 6.92 Å². The van der Waals surface area contributed by atoms with Crippen LogP contribution in [0.25, 0.3) is 0 Å². The van der Waals surface area contributed by atoms with Gasteiger partial charge in [-0.05, 0) is 11.1 Å². The summed E-state index contributed by atoms with van der Waals surface area (Å²) in [5.74, 6) is 0.190. The Labute approximate surface area is 161 Å². The lowest BCUT2D eigenvalue weighted by molar-refractivity contribution is -0.134. The molecular formula is C22H27N3O2. The molecular weight excluding hydrogens is 338 g/mol. The van der Waals surface area contributed by atoms with Crippen molar-refractivity contribution in [3.63, 3.8) is 0 Å². The van der Waals surface area contributed by atoms with Gasteiger partial charge in [0.2, 0.25) is 11.8 Å². The maximum Gasteiger partial charge on any atom is 0.237 e. The SMILES string of the molecule is CC(=O)N1CCN(CC(=O)N(C)C(c2ccccc2)c2ccccc2)CC1. The molecule has 0 saturated carbocycles. The maximum absolute atomic E-state index is 13.0. The Balaban J connectivity index is 1.72. The molecule has 1 aliphatic rings. The predicted octanol–water partition coefficient (Wildman–Crippen LogP) is 2.40. The number of amides is 2. The second kappa shape index (κ2) is 8.82. The van der Waals surface area contributed by atoms with Gasteiger partial charge in [-0.3, -0.25) is 14.5 Å². The minimum absolute atomic E-state index is 0.0870. The molecule has 1 fully saturated rings. The van der Waals surface area contributed by atoms with Crippen molar-refractivity contribution >= 4 is 11.8 Å². The van der Waals surface area contributed by atoms with Crippen LogP contribution in [0.1, 0.15) is 24.1 Å². The number of rotatable bonds is 5. The van der Waals surface area contributed by atoms with E-state index in [1.165, 1.54) is 0 Å². The van der Waals surface area contributed by atoms with Gasteiger partial charge in [0.15, 0.2) is 0 Å². The van der Waals surface area contributed by atoms with Crippen molar-refractivity contribution in [1.82, 2.24) is 14.7 Å². The van der Waals surface area contributed by atoms with Gasteiger partial charge in [-0.25, -0.2) is 0 Å². The Kier molecular flexibility index (Phi) is 6.24. The second-order valence-electron chi connectivity index (χ2n) is 7.01. The standard InChI is InChI=1S/C22H27N3O2/c1-18(26)25-15-13-24(14-16-25)17-21(27)23(2)22(19-9-5-3-6-10-19)20-11-7-4-8-12-20/h3-12,22H,13-17H2,1-2H3. The van der Waals surface area contributed by atoms with Crippen molar-refractivity contribution in [2.24, 2.45) is 0 Å². The van der Waals surface area contributed by atoms with Gasteiger partial charge < -0.3 is 9.80 Å². The van der Waals surface area contributed by atoms with E-state index in [9.17, 15) is 9.59 Å². The largest absolute Gasteiger partial charge is 0.340 e. The third-order valence-electron chi connectivity index (χ3n) is 5.19. The fourth-order valence-electron chi connectivity index (χ4n) is 3.58. The summed E-state index contributed by atoms with van der Waals surface area (Å²) in [5.41, 5.74) is 2.20. The van der Waals surface area contributed by atoms with E-state index in [4.69, 9.17) is 0 Å². The van der Waals surface area contributed by atoms with Gasteiger partial charge in [-0.2, -0.15) is 0 Å². The summed E-state index contributed by atoms with van der Waals surface area (Å²) in [4.78, 5) is 30.3. The highest BCUT2D eigenvalue weighted by Crippen LogP contribution is 2.27. The Bertz CT molecular complexity index is 716. The van der Waals surface area contributed by atoms with Crippen LogP contribution in [0.2, 0.25) is 0 Å². The molecule has 0 N–H and O–H groups in total. The zero-order valence-corrected chi connectivity index (χ0v) is 16.0. The molecule has 0 radical (unpaired) electrons. The summed E-state index contributed by atoms with van der Waals surface area (Å²) >= 11 is 0. The number of hydrogen-bond donors (Lipinski definition) is 0. The fraction of sp³-hybridized carbons (Fsp3) is 0.364. The molecule has 1 heterocycles. The van der Waals surface area contributed by atoms with Gasteiger partial charge in [-0.15, -0.1) is 0 Å². The number of piperazine rings is 1. The van der Waals surface area contributed by atoms with Crippen molar-refractivity contribution in [3.8, 4) is 0 Å². The summed E-state index contributed by atoms with van der Waals surface area (Å²) in [6, 6.07) is 20.1. The summed E-state index contributed by atoms with van der Waals surface area (Å²) in [5, 5.41) is 0. The third kappa shape index (κ3) is 4.74. The van der Waals surface area contributed by atoms with E-state index < -0.39 is 0 Å². The Morgan fingerprint density at radius 3 is 1.81 bits per heavy atom. The Morgan fingerprint density at radius 2 is 1.37 bits per heavy atom. The van der Waals surface area contributed by atoms with Gasteiger partial charge in [0.25, 0.3) is 0 Å². The first-order chi connectivity index (χ1) is 13.1. The number of hydrogen-bond acceptors (Lipinski definition) is 3. The van der Waals surface area contributed by atoms with Gasteiger partial charge in [0.05, 0.1) is 12.6 Å². The lowest BCUT2D eigenvalue weighted by Gasteiger charge is -2.36. The second-order valence-corrected chi connectivity index (χ2v) is 7.01. The number of benzene rings is 2. The minimum atomic E-state index is -0.113. The first-order valence-corrected chi connectivity index (χ1v) is 9.39. The molecule has 2 amide bonds. The summed E-state index contributed by atoms with van der Waals surface area (Å²) in [6.07, 6.45) is 0. The van der Waals surface area contributed by atoms with Crippen LogP contribution in [-0.2, 0) is 9.59 Å². The molecule has 2 aromatic carbocycles. The molecule has 142 valence electrons. The molecule has 0 spiro atoms. The lowest BCUT2D eigenvalue weighted by atomic mass is 9.97. The summed E-state index contributed by atoms with van der Waals surface area (Å²) in [6.45, 7) is 4.82. The average molecular weight is 365 g/mol. The molecule has 3 rings (SSSR count). The van der Waals surface area contributed by atoms with Crippen LogP contribution >= 0.6 is 0 Å². The molecule has 2 aromatic rings. The molecule has 27 heavy (non-hydrogen) atoms. The molecule has 0 bridgehead atoms. The highest BCUT2D eigenvalue weighted by Gasteiger charge is 2.26. The van der Waals surface area contributed by atoms with E-state index in [1.807, 2.05) is 53.2 Å². The smallest absolute Gasteiger partial charge is 0.237 e. The van der Waals surface area contributed by atoms with Gasteiger partial charge >= 0.3 is 0 Å². The predicted molar refractivity (Wildman–Crippen MR) is 106 cm³/mol. The van der Waals surface area contributed by atoms with Crippen molar-refractivity contribution in [3.05, 3.63) is 71.8 Å². The quantitative estimate of drug-likeness (QED) is 0.817. The number of nitrogens with zero attached hydrogens (tertiary/aromatic N) is 3. The molecule has 0 aromatic heterocycles. The number of carbonyl (C=O) groups is 2. The van der Waals surface area contributed by atoms with E-state index in [0.717, 1.165) is 24.2 Å². The van der Waals surface area contributed by atoms with Crippen LogP contribution in [0.3, 0.4) is 0 Å². The third-order valence-corrected chi connectivity index (χ3v) is 5.19. The molecule has 1 aliphatic heterocycles. The molecule has 1 saturated heterocycles. The highest BCUT2D eigenvalue weighted by molar-refractivity contribution is 5.79. The molecule has 5 nitrogen and oxygen atoms in total. The first-order valence-electron chi connectivity index (χ1n) is 9.39. The van der Waals surface area contributed by atoms with Crippen molar-refractivity contribution in [2.45, 2.75) is 13.0 Å². The first kappa shape index (κ1) is 19.1. The topological polar surface area (TPSA) is 43.9 Å². The van der Waals surface area contributed by atoms with Gasteiger partial charge in [0, 0.05) is 40.2 Å². The number of likely N-dealkylation sites (N-methyl/N-ethyl adjacent to an activating group) is 1. The minimum Gasteiger partial charge on any atom is -0.340 e. The monoisotopic (exact) mass is 365 g/mol. The molecule has 0 aliphatic carbocycles. The van der Waals surface area contributed by atoms with Crippen LogP contribution in [0.15, 0.2) is 60.7 Å². The van der Waals surface area contributed by atoms with Crippen molar-refractivity contribution in [1.29, 1.82) is 0 Å². The zero-order chi connectivity index (χ0) is 19.2. The number of carbonyl (C=O) groups excluding carboxylic acids is 2. The Hall–Kier alpha value is -2.66. The van der Waals surface area contributed by atoms with Gasteiger partial charge in [-0.1, -0.05) is 60.7 Å². The van der Waals surface area contributed by atoms with Crippen LogP contribution in [0.4, 0.5) is 0 Å². The van der Waals surface area contributed by atoms with E-state index in [2.05, 4.69) is 29.2 Å². The van der Waals surface area contributed by atoms with Crippen LogP contribution in [-0.4, -0.2) is 66.3 Å². The van der Waals surface area contributed by atoms with Crippen LogP contribution < -0.4 is 0 Å². The van der Waals surface area contributed by atoms with Crippen molar-refractivity contribution in [2.75, 3.05) is 39.8 Å². The van der Waals surface area contributed by atoms with Crippen LogP contribution in [0, 0.1) is 0 Å². The molecule has 0 atom stereocenters. The van der Waals surface area contributed by atoms with Crippen molar-refractivity contribution < 1.29 is 9.59 Å².